The SMILES string of the molecule is C=C(C(=O)CC1[C@@H](OC(C)=O)C[C@@]2(C)[C@@H]3CC[C@H]4[C@H](C)C(=O)C=C[C@@]45C[C@@]35CC[C@]12C)[C@@H](C)COC. The Morgan fingerprint density at radius 2 is 1.92 bits per heavy atom. The number of fused-ring (bicyclic) bond motifs is 2. The molecular weight excluding hydrogens is 452 g/mol. The van der Waals surface area contributed by atoms with E-state index in [-0.39, 0.29) is 63.1 Å². The summed E-state index contributed by atoms with van der Waals surface area (Å²) in [5.74, 6) is 1.12. The van der Waals surface area contributed by atoms with Gasteiger partial charge in [-0.1, -0.05) is 40.3 Å². The first-order valence-electron chi connectivity index (χ1n) is 14.0. The summed E-state index contributed by atoms with van der Waals surface area (Å²) >= 11 is 0. The lowest BCUT2D eigenvalue weighted by atomic mass is 9.43. The highest BCUT2D eigenvalue weighted by Crippen LogP contribution is 2.87. The van der Waals surface area contributed by atoms with E-state index in [1.54, 1.807) is 7.11 Å². The van der Waals surface area contributed by atoms with Crippen LogP contribution in [0.1, 0.15) is 79.6 Å². The maximum Gasteiger partial charge on any atom is 0.302 e. The smallest absolute Gasteiger partial charge is 0.302 e. The standard InChI is InChI=1S/C31H44O5/c1-18(16-35-7)19(2)25(34)14-23-26(36-21(4)32)15-29(6)27-9-8-22-20(3)24(33)10-11-30(22)17-31(27,30)13-12-28(23,29)5/h10-11,18,20,22-23,26-27H,2,8-9,12-17H2,1,3-7H3/t18-,20-,22-,23?,26-,27-,28+,29-,30+,31-/m0/s1. The summed E-state index contributed by atoms with van der Waals surface area (Å²) in [4.78, 5) is 38.2. The zero-order chi connectivity index (χ0) is 26.3. The topological polar surface area (TPSA) is 69.7 Å². The maximum absolute atomic E-state index is 13.4. The lowest BCUT2D eigenvalue weighted by molar-refractivity contribution is -0.150. The van der Waals surface area contributed by atoms with E-state index < -0.39 is 0 Å². The Bertz CT molecular complexity index is 1030. The van der Waals surface area contributed by atoms with Gasteiger partial charge in [0.1, 0.15) is 6.10 Å². The molecule has 2 spiro atoms. The van der Waals surface area contributed by atoms with Crippen molar-refractivity contribution in [1.82, 2.24) is 0 Å². The molecule has 0 aromatic heterocycles. The molecule has 0 saturated heterocycles. The van der Waals surface area contributed by atoms with Crippen molar-refractivity contribution in [2.75, 3.05) is 13.7 Å². The molecule has 0 aromatic carbocycles. The maximum atomic E-state index is 13.4. The summed E-state index contributed by atoms with van der Waals surface area (Å²) in [6.07, 6.45) is 10.6. The summed E-state index contributed by atoms with van der Waals surface area (Å²) in [6, 6.07) is 0. The Hall–Kier alpha value is -1.75. The molecule has 5 rings (SSSR count). The molecule has 0 heterocycles. The van der Waals surface area contributed by atoms with Gasteiger partial charge in [-0.15, -0.1) is 0 Å². The fourth-order valence-electron chi connectivity index (χ4n) is 10.1. The van der Waals surface area contributed by atoms with E-state index >= 15 is 0 Å². The molecule has 5 nitrogen and oxygen atoms in total. The number of carbonyl (C=O) groups excluding carboxylic acids is 3. The molecular formula is C31H44O5. The molecule has 0 bridgehead atoms. The van der Waals surface area contributed by atoms with Crippen LogP contribution in [0.3, 0.4) is 0 Å². The van der Waals surface area contributed by atoms with Crippen LogP contribution in [-0.2, 0) is 23.9 Å². The Morgan fingerprint density at radius 3 is 2.58 bits per heavy atom. The van der Waals surface area contributed by atoms with Gasteiger partial charge in [-0.3, -0.25) is 14.4 Å². The molecule has 0 aliphatic heterocycles. The first-order valence-corrected chi connectivity index (χ1v) is 14.0. The number of methoxy groups -OCH3 is 1. The van der Waals surface area contributed by atoms with Crippen LogP contribution in [0.15, 0.2) is 24.3 Å². The third-order valence-corrected chi connectivity index (χ3v) is 12.3. The third kappa shape index (κ3) is 3.26. The van der Waals surface area contributed by atoms with E-state index in [1.807, 2.05) is 13.0 Å². The molecule has 5 aliphatic rings. The van der Waals surface area contributed by atoms with Crippen molar-refractivity contribution in [2.24, 2.45) is 51.2 Å². The Balaban J connectivity index is 1.47. The van der Waals surface area contributed by atoms with E-state index in [1.165, 1.54) is 13.3 Å². The van der Waals surface area contributed by atoms with Gasteiger partial charge in [-0.05, 0) is 83.7 Å². The number of carbonyl (C=O) groups is 3. The van der Waals surface area contributed by atoms with Gasteiger partial charge in [0.2, 0.25) is 0 Å². The van der Waals surface area contributed by atoms with Gasteiger partial charge in [-0.25, -0.2) is 0 Å². The molecule has 0 radical (unpaired) electrons. The minimum atomic E-state index is -0.265. The molecule has 0 N–H and O–H groups in total. The molecule has 0 amide bonds. The van der Waals surface area contributed by atoms with E-state index in [9.17, 15) is 14.4 Å². The number of hydrogen-bond acceptors (Lipinski definition) is 5. The van der Waals surface area contributed by atoms with E-state index in [2.05, 4.69) is 33.4 Å². The highest BCUT2D eigenvalue weighted by atomic mass is 16.5. The average Bonchev–Trinajstić information content (AvgIpc) is 3.44. The largest absolute Gasteiger partial charge is 0.462 e. The average molecular weight is 497 g/mol. The van der Waals surface area contributed by atoms with Crippen LogP contribution >= 0.6 is 0 Å². The molecule has 4 saturated carbocycles. The number of rotatable bonds is 7. The Labute approximate surface area is 216 Å². The number of ether oxygens (including phenoxy) is 2. The number of Topliss-reactive ketones (excluding diaryl/α,β-unsaturated/α-hetero) is 1. The number of esters is 1. The van der Waals surface area contributed by atoms with Gasteiger partial charge in [0.15, 0.2) is 11.6 Å². The minimum absolute atomic E-state index is 0.0161. The predicted octanol–water partition coefficient (Wildman–Crippen LogP) is 5.72. The van der Waals surface area contributed by atoms with Crippen LogP contribution in [-0.4, -0.2) is 37.4 Å². The molecule has 4 fully saturated rings. The van der Waals surface area contributed by atoms with Crippen molar-refractivity contribution in [3.8, 4) is 0 Å². The van der Waals surface area contributed by atoms with E-state index in [0.29, 0.717) is 30.4 Å². The molecule has 5 heteroatoms. The molecule has 10 atom stereocenters. The fourth-order valence-corrected chi connectivity index (χ4v) is 10.1. The van der Waals surface area contributed by atoms with Crippen molar-refractivity contribution in [3.63, 3.8) is 0 Å². The van der Waals surface area contributed by atoms with Crippen molar-refractivity contribution >= 4 is 17.5 Å². The first kappa shape index (κ1) is 25.9. The normalized spacial score (nSPS) is 47.2. The van der Waals surface area contributed by atoms with Gasteiger partial charge < -0.3 is 9.47 Å². The summed E-state index contributed by atoms with van der Waals surface area (Å²) in [5, 5.41) is 0. The Kier molecular flexibility index (Phi) is 6.02. The lowest BCUT2D eigenvalue weighted by Gasteiger charge is -2.60. The molecule has 5 aliphatic carbocycles. The zero-order valence-electron chi connectivity index (χ0n) is 23.0. The van der Waals surface area contributed by atoms with Crippen LogP contribution in [0.2, 0.25) is 0 Å². The second-order valence-electron chi connectivity index (χ2n) is 13.4. The summed E-state index contributed by atoms with van der Waals surface area (Å²) in [6.45, 7) is 15.0. The molecule has 0 aromatic rings. The van der Waals surface area contributed by atoms with Gasteiger partial charge >= 0.3 is 5.97 Å². The van der Waals surface area contributed by atoms with Crippen molar-refractivity contribution in [1.29, 1.82) is 0 Å². The summed E-state index contributed by atoms with van der Waals surface area (Å²) in [5.41, 5.74) is 0.882. The second kappa shape index (κ2) is 8.38. The van der Waals surface area contributed by atoms with Crippen molar-refractivity contribution < 1.29 is 23.9 Å². The second-order valence-corrected chi connectivity index (χ2v) is 13.4. The van der Waals surface area contributed by atoms with Crippen LogP contribution in [0.5, 0.6) is 0 Å². The summed E-state index contributed by atoms with van der Waals surface area (Å²) < 4.78 is 11.3. The van der Waals surface area contributed by atoms with Crippen LogP contribution < -0.4 is 0 Å². The van der Waals surface area contributed by atoms with Crippen molar-refractivity contribution in [2.45, 2.75) is 85.7 Å². The van der Waals surface area contributed by atoms with Crippen LogP contribution in [0.4, 0.5) is 0 Å². The Morgan fingerprint density at radius 1 is 1.19 bits per heavy atom. The van der Waals surface area contributed by atoms with Gasteiger partial charge in [0.25, 0.3) is 0 Å². The van der Waals surface area contributed by atoms with Crippen molar-refractivity contribution in [3.05, 3.63) is 24.3 Å². The first-order chi connectivity index (χ1) is 16.9. The molecule has 36 heavy (non-hydrogen) atoms. The minimum Gasteiger partial charge on any atom is -0.462 e. The van der Waals surface area contributed by atoms with Crippen LogP contribution in [0, 0.1) is 51.2 Å². The highest BCUT2D eigenvalue weighted by Gasteiger charge is 2.81. The fraction of sp³-hybridized carbons (Fsp3) is 0.774. The third-order valence-electron chi connectivity index (χ3n) is 12.3. The number of allylic oxidation sites excluding steroid dienone is 2. The van der Waals surface area contributed by atoms with Gasteiger partial charge in [0, 0.05) is 38.2 Å². The van der Waals surface area contributed by atoms with Gasteiger partial charge in [0.05, 0.1) is 6.61 Å². The lowest BCUT2D eigenvalue weighted by Crippen LogP contribution is -2.54. The summed E-state index contributed by atoms with van der Waals surface area (Å²) in [7, 11) is 1.64. The number of hydrogen-bond donors (Lipinski definition) is 0. The molecule has 1 unspecified atom stereocenters. The van der Waals surface area contributed by atoms with Gasteiger partial charge in [-0.2, -0.15) is 0 Å². The van der Waals surface area contributed by atoms with E-state index in [4.69, 9.17) is 9.47 Å². The quantitative estimate of drug-likeness (QED) is 0.333. The van der Waals surface area contributed by atoms with E-state index in [0.717, 1.165) is 32.1 Å². The van der Waals surface area contributed by atoms with Crippen LogP contribution in [0.25, 0.3) is 0 Å². The zero-order valence-corrected chi connectivity index (χ0v) is 23.0. The number of ketones is 2. The monoisotopic (exact) mass is 496 g/mol. The highest BCUT2D eigenvalue weighted by molar-refractivity contribution is 5.95. The predicted molar refractivity (Wildman–Crippen MR) is 138 cm³/mol. The molecule has 198 valence electrons.